The molecule has 0 bridgehead atoms. The Morgan fingerprint density at radius 2 is 1.47 bits per heavy atom. The Labute approximate surface area is 114 Å². The fraction of sp³-hybridized carbons (Fsp3) is 0.111. The van der Waals surface area contributed by atoms with Crippen LogP contribution in [0.2, 0.25) is 0 Å². The van der Waals surface area contributed by atoms with E-state index in [0.29, 0.717) is 0 Å². The van der Waals surface area contributed by atoms with Gasteiger partial charge >= 0.3 is 0 Å². The van der Waals surface area contributed by atoms with Crippen LogP contribution < -0.4 is 5.32 Å². The number of para-hydroxylation sites is 1. The normalized spacial score (nSPS) is 14.0. The molecule has 0 spiro atoms. The lowest BCUT2D eigenvalue weighted by Crippen LogP contribution is -1.91. The first-order chi connectivity index (χ1) is 9.42. The van der Waals surface area contributed by atoms with Crippen molar-refractivity contribution in [3.63, 3.8) is 0 Å². The zero-order valence-corrected chi connectivity index (χ0v) is 10.8. The van der Waals surface area contributed by atoms with Gasteiger partial charge in [0.1, 0.15) is 0 Å². The van der Waals surface area contributed by atoms with Crippen molar-refractivity contribution in [1.82, 2.24) is 0 Å². The van der Waals surface area contributed by atoms with Crippen LogP contribution >= 0.6 is 0 Å². The van der Waals surface area contributed by atoms with Crippen LogP contribution in [0, 0.1) is 0 Å². The van der Waals surface area contributed by atoms with E-state index in [4.69, 9.17) is 0 Å². The summed E-state index contributed by atoms with van der Waals surface area (Å²) in [5.74, 6) is 0. The molecule has 0 aliphatic heterocycles. The van der Waals surface area contributed by atoms with Crippen molar-refractivity contribution in [3.05, 3.63) is 78.4 Å². The van der Waals surface area contributed by atoms with Gasteiger partial charge in [-0.15, -0.1) is 0 Å². The van der Waals surface area contributed by atoms with Crippen LogP contribution in [0.4, 0.5) is 11.4 Å². The van der Waals surface area contributed by atoms with Crippen molar-refractivity contribution < 1.29 is 0 Å². The van der Waals surface area contributed by atoms with Crippen LogP contribution in [0.25, 0.3) is 5.57 Å². The van der Waals surface area contributed by atoms with Crippen LogP contribution in [0.5, 0.6) is 0 Å². The minimum atomic E-state index is 1.12. The van der Waals surface area contributed by atoms with Crippen molar-refractivity contribution in [2.24, 2.45) is 0 Å². The highest BCUT2D eigenvalue weighted by molar-refractivity contribution is 5.76. The third-order valence-electron chi connectivity index (χ3n) is 3.28. The van der Waals surface area contributed by atoms with E-state index in [1.165, 1.54) is 11.1 Å². The van der Waals surface area contributed by atoms with Crippen molar-refractivity contribution in [1.29, 1.82) is 0 Å². The first kappa shape index (κ1) is 11.8. The first-order valence-electron chi connectivity index (χ1n) is 6.71. The van der Waals surface area contributed by atoms with Gasteiger partial charge in [0, 0.05) is 11.4 Å². The molecule has 1 nitrogen and oxygen atoms in total. The molecule has 0 saturated heterocycles. The van der Waals surface area contributed by atoms with E-state index in [2.05, 4.69) is 59.9 Å². The van der Waals surface area contributed by atoms with E-state index < -0.39 is 0 Å². The maximum Gasteiger partial charge on any atom is 0.0384 e. The summed E-state index contributed by atoms with van der Waals surface area (Å²) in [4.78, 5) is 0. The van der Waals surface area contributed by atoms with Crippen molar-refractivity contribution >= 4 is 16.9 Å². The first-order valence-corrected chi connectivity index (χ1v) is 6.71. The molecule has 0 aromatic heterocycles. The van der Waals surface area contributed by atoms with E-state index >= 15 is 0 Å². The molecule has 1 heteroatoms. The number of benzene rings is 2. The molecule has 1 aliphatic rings. The van der Waals surface area contributed by atoms with Crippen molar-refractivity contribution in [2.45, 2.75) is 12.8 Å². The predicted molar refractivity (Wildman–Crippen MR) is 82.5 cm³/mol. The Hall–Kier alpha value is -2.28. The van der Waals surface area contributed by atoms with E-state index in [0.717, 1.165) is 24.2 Å². The van der Waals surface area contributed by atoms with Gasteiger partial charge in [-0.25, -0.2) is 0 Å². The van der Waals surface area contributed by atoms with Crippen LogP contribution in [0.3, 0.4) is 0 Å². The largest absolute Gasteiger partial charge is 0.356 e. The van der Waals surface area contributed by atoms with E-state index in [9.17, 15) is 0 Å². The average molecular weight is 247 g/mol. The quantitative estimate of drug-likeness (QED) is 0.789. The maximum atomic E-state index is 3.40. The van der Waals surface area contributed by atoms with Gasteiger partial charge in [0.15, 0.2) is 0 Å². The summed E-state index contributed by atoms with van der Waals surface area (Å²) in [5, 5.41) is 3.40. The number of rotatable bonds is 3. The van der Waals surface area contributed by atoms with E-state index in [1.807, 2.05) is 18.2 Å². The highest BCUT2D eigenvalue weighted by atomic mass is 14.9. The highest BCUT2D eigenvalue weighted by Crippen LogP contribution is 2.24. The summed E-state index contributed by atoms with van der Waals surface area (Å²) >= 11 is 0. The Morgan fingerprint density at radius 1 is 0.737 bits per heavy atom. The zero-order valence-electron chi connectivity index (χ0n) is 10.8. The molecule has 3 rings (SSSR count). The Balaban J connectivity index is 1.76. The molecule has 0 amide bonds. The molecule has 2 aromatic rings. The van der Waals surface area contributed by atoms with Gasteiger partial charge in [-0.3, -0.25) is 0 Å². The van der Waals surface area contributed by atoms with Gasteiger partial charge in [-0.05, 0) is 48.2 Å². The van der Waals surface area contributed by atoms with Gasteiger partial charge < -0.3 is 5.32 Å². The van der Waals surface area contributed by atoms with Gasteiger partial charge in [0.05, 0.1) is 0 Å². The Bertz CT molecular complexity index is 591. The third kappa shape index (κ3) is 2.94. The molecular weight excluding hydrogens is 230 g/mol. The van der Waals surface area contributed by atoms with Crippen LogP contribution in [0.1, 0.15) is 18.4 Å². The minimum absolute atomic E-state index is 1.12. The predicted octanol–water partition coefficient (Wildman–Crippen LogP) is 5.16. The van der Waals surface area contributed by atoms with Crippen LogP contribution in [-0.4, -0.2) is 0 Å². The smallest absolute Gasteiger partial charge is 0.0384 e. The van der Waals surface area contributed by atoms with Gasteiger partial charge in [0.25, 0.3) is 0 Å². The van der Waals surface area contributed by atoms with E-state index in [1.54, 1.807) is 0 Å². The lowest BCUT2D eigenvalue weighted by molar-refractivity contribution is 1.04. The SMILES string of the molecule is C1=CC(c2ccc(Nc3ccccc3)cc2)=CCC1. The molecular formula is C18H17N. The fourth-order valence-electron chi connectivity index (χ4n) is 2.26. The monoisotopic (exact) mass is 247 g/mol. The fourth-order valence-corrected chi connectivity index (χ4v) is 2.26. The number of allylic oxidation sites excluding steroid dienone is 4. The molecule has 0 heterocycles. The average Bonchev–Trinajstić information content (AvgIpc) is 2.50. The molecule has 19 heavy (non-hydrogen) atoms. The summed E-state index contributed by atoms with van der Waals surface area (Å²) in [5.41, 5.74) is 4.86. The molecule has 0 fully saturated rings. The molecule has 0 unspecified atom stereocenters. The lowest BCUT2D eigenvalue weighted by Gasteiger charge is -2.10. The maximum absolute atomic E-state index is 3.40. The highest BCUT2D eigenvalue weighted by Gasteiger charge is 2.01. The number of nitrogens with one attached hydrogen (secondary N) is 1. The summed E-state index contributed by atoms with van der Waals surface area (Å²) in [6, 6.07) is 18.8. The zero-order chi connectivity index (χ0) is 12.9. The Kier molecular flexibility index (Phi) is 3.46. The Morgan fingerprint density at radius 3 is 2.16 bits per heavy atom. The second-order valence-electron chi connectivity index (χ2n) is 4.71. The summed E-state index contributed by atoms with van der Waals surface area (Å²) < 4.78 is 0. The van der Waals surface area contributed by atoms with Crippen molar-refractivity contribution in [3.8, 4) is 0 Å². The molecule has 1 N–H and O–H groups in total. The standard InChI is InChI=1S/C18H17N/c1-3-7-15(8-4-1)16-11-13-18(14-12-16)19-17-9-5-2-6-10-17/h2-3,5-14,19H,1,4H2. The second kappa shape index (κ2) is 5.57. The van der Waals surface area contributed by atoms with Gasteiger partial charge in [0.2, 0.25) is 0 Å². The third-order valence-corrected chi connectivity index (χ3v) is 3.28. The summed E-state index contributed by atoms with van der Waals surface area (Å²) in [6.07, 6.45) is 9.07. The van der Waals surface area contributed by atoms with Crippen LogP contribution in [-0.2, 0) is 0 Å². The molecule has 0 radical (unpaired) electrons. The minimum Gasteiger partial charge on any atom is -0.356 e. The topological polar surface area (TPSA) is 12.0 Å². The summed E-state index contributed by atoms with van der Waals surface area (Å²) in [7, 11) is 0. The molecule has 2 aromatic carbocycles. The number of hydrogen-bond acceptors (Lipinski definition) is 1. The molecule has 0 saturated carbocycles. The number of anilines is 2. The molecule has 0 atom stereocenters. The lowest BCUT2D eigenvalue weighted by atomic mass is 9.99. The van der Waals surface area contributed by atoms with E-state index in [-0.39, 0.29) is 0 Å². The van der Waals surface area contributed by atoms with Crippen LogP contribution in [0.15, 0.2) is 72.8 Å². The molecule has 1 aliphatic carbocycles. The van der Waals surface area contributed by atoms with Crippen molar-refractivity contribution in [2.75, 3.05) is 5.32 Å². The summed E-state index contributed by atoms with van der Waals surface area (Å²) in [6.45, 7) is 0. The number of hydrogen-bond donors (Lipinski definition) is 1. The molecule has 94 valence electrons. The second-order valence-corrected chi connectivity index (χ2v) is 4.71. The van der Waals surface area contributed by atoms with Gasteiger partial charge in [-0.2, -0.15) is 0 Å². The van der Waals surface area contributed by atoms with Gasteiger partial charge in [-0.1, -0.05) is 48.6 Å².